The minimum Gasteiger partial charge on any atom is -0.491 e. The Morgan fingerprint density at radius 2 is 0.545 bits per heavy atom. The van der Waals surface area contributed by atoms with Crippen molar-refractivity contribution >= 4 is 0 Å². The van der Waals surface area contributed by atoms with Crippen LogP contribution in [-0.4, -0.2) is 165 Å². The Labute approximate surface area is 333 Å². The monoisotopic (exact) mass is 791 g/mol. The summed E-state index contributed by atoms with van der Waals surface area (Å²) >= 11 is 0. The lowest BCUT2D eigenvalue weighted by atomic mass is 10.0. The van der Waals surface area contributed by atoms with Crippen molar-refractivity contribution < 1.29 is 61.6 Å². The van der Waals surface area contributed by atoms with E-state index < -0.39 is 0 Å². The van der Waals surface area contributed by atoms with Gasteiger partial charge in [-0.1, -0.05) is 64.5 Å². The third-order valence-corrected chi connectivity index (χ3v) is 7.97. The number of hydrogen-bond donors (Lipinski definition) is 0. The van der Waals surface area contributed by atoms with Gasteiger partial charge in [0, 0.05) is 6.61 Å². The first kappa shape index (κ1) is 51.6. The standard InChI is InChI=1S/C42H78O13/c1-3-5-7-8-9-10-11-41-12-14-42(15-13-41)55-40-39-54-38-37-53-36-35-52-34-33-51-32-31-50-30-29-49-28-27-48-26-25-47-24-23-46-22-21-45-20-19-44-18-17-43-16-6-4-2/h12-15H,3-11,16-40H2,1-2H3. The summed E-state index contributed by atoms with van der Waals surface area (Å²) in [7, 11) is 0. The van der Waals surface area contributed by atoms with E-state index in [0.29, 0.717) is 159 Å². The summed E-state index contributed by atoms with van der Waals surface area (Å²) in [5.41, 5.74) is 1.38. The maximum absolute atomic E-state index is 5.78. The molecule has 0 bridgehead atoms. The van der Waals surface area contributed by atoms with Crippen LogP contribution in [0.5, 0.6) is 5.75 Å². The summed E-state index contributed by atoms with van der Waals surface area (Å²) in [4.78, 5) is 0. The lowest BCUT2D eigenvalue weighted by Gasteiger charge is -2.09. The van der Waals surface area contributed by atoms with E-state index in [1.54, 1.807) is 0 Å². The summed E-state index contributed by atoms with van der Waals surface area (Å²) in [6, 6.07) is 8.44. The molecule has 0 aliphatic heterocycles. The van der Waals surface area contributed by atoms with Crippen LogP contribution in [0.1, 0.15) is 70.8 Å². The van der Waals surface area contributed by atoms with Crippen LogP contribution in [-0.2, 0) is 63.3 Å². The van der Waals surface area contributed by atoms with Gasteiger partial charge in [-0.3, -0.25) is 0 Å². The SMILES string of the molecule is CCCCCCCCc1ccc(OCCOCCOCCOCCOCCOCCOCCOCCOCCOCCOCCOCCOCCCC)cc1. The molecular weight excluding hydrogens is 712 g/mol. The average Bonchev–Trinajstić information content (AvgIpc) is 3.20. The number of benzene rings is 1. The van der Waals surface area contributed by atoms with E-state index in [4.69, 9.17) is 61.6 Å². The number of hydrogen-bond acceptors (Lipinski definition) is 13. The zero-order valence-electron chi connectivity index (χ0n) is 34.7. The maximum atomic E-state index is 5.78. The summed E-state index contributed by atoms with van der Waals surface area (Å²) in [5.74, 6) is 0.885. The molecule has 1 rings (SSSR count). The Morgan fingerprint density at radius 1 is 0.273 bits per heavy atom. The number of aryl methyl sites for hydroxylation is 1. The van der Waals surface area contributed by atoms with Crippen LogP contribution in [0.2, 0.25) is 0 Å². The molecule has 0 saturated heterocycles. The minimum absolute atomic E-state index is 0.512. The van der Waals surface area contributed by atoms with Gasteiger partial charge in [-0.15, -0.1) is 0 Å². The van der Waals surface area contributed by atoms with Crippen LogP contribution in [0.4, 0.5) is 0 Å². The highest BCUT2D eigenvalue weighted by Gasteiger charge is 1.99. The van der Waals surface area contributed by atoms with E-state index in [-0.39, 0.29) is 0 Å². The number of unbranched alkanes of at least 4 members (excludes halogenated alkanes) is 6. The average molecular weight is 791 g/mol. The molecule has 0 aliphatic carbocycles. The van der Waals surface area contributed by atoms with Crippen molar-refractivity contribution in [3.05, 3.63) is 29.8 Å². The molecule has 13 nitrogen and oxygen atoms in total. The predicted octanol–water partition coefficient (Wildman–Crippen LogP) is 5.97. The van der Waals surface area contributed by atoms with Crippen molar-refractivity contribution in [1.82, 2.24) is 0 Å². The first-order valence-corrected chi connectivity index (χ1v) is 21.0. The van der Waals surface area contributed by atoms with Crippen molar-refractivity contribution in [3.63, 3.8) is 0 Å². The van der Waals surface area contributed by atoms with Crippen molar-refractivity contribution in [3.8, 4) is 5.75 Å². The topological polar surface area (TPSA) is 120 Å². The molecule has 0 aliphatic rings. The fourth-order valence-corrected chi connectivity index (χ4v) is 4.85. The van der Waals surface area contributed by atoms with Gasteiger partial charge in [0.15, 0.2) is 0 Å². The van der Waals surface area contributed by atoms with E-state index >= 15 is 0 Å². The molecular formula is C42H78O13. The third kappa shape index (κ3) is 40.5. The fourth-order valence-electron chi connectivity index (χ4n) is 4.85. The third-order valence-electron chi connectivity index (χ3n) is 7.97. The highest BCUT2D eigenvalue weighted by atomic mass is 16.6. The van der Waals surface area contributed by atoms with E-state index in [1.807, 2.05) is 0 Å². The Kier molecular flexibility index (Phi) is 42.4. The normalized spacial score (nSPS) is 11.5. The Hall–Kier alpha value is -1.46. The summed E-state index contributed by atoms with van der Waals surface area (Å²) < 4.78 is 71.8. The van der Waals surface area contributed by atoms with Crippen LogP contribution in [0.3, 0.4) is 0 Å². The first-order valence-electron chi connectivity index (χ1n) is 21.0. The van der Waals surface area contributed by atoms with Crippen molar-refractivity contribution in [2.75, 3.05) is 165 Å². The second-order valence-corrected chi connectivity index (χ2v) is 12.7. The second-order valence-electron chi connectivity index (χ2n) is 12.7. The largest absolute Gasteiger partial charge is 0.491 e. The van der Waals surface area contributed by atoms with Crippen molar-refractivity contribution in [2.45, 2.75) is 71.6 Å². The van der Waals surface area contributed by atoms with Crippen LogP contribution in [0.15, 0.2) is 24.3 Å². The molecule has 0 aromatic heterocycles. The molecule has 1 aromatic rings. The quantitative estimate of drug-likeness (QED) is 0.0723. The molecule has 13 heteroatoms. The van der Waals surface area contributed by atoms with E-state index in [9.17, 15) is 0 Å². The minimum atomic E-state index is 0.512. The predicted molar refractivity (Wildman–Crippen MR) is 214 cm³/mol. The number of rotatable bonds is 47. The van der Waals surface area contributed by atoms with Gasteiger partial charge < -0.3 is 61.6 Å². The molecule has 1 aromatic carbocycles. The molecule has 0 saturated carbocycles. The highest BCUT2D eigenvalue weighted by molar-refractivity contribution is 5.27. The van der Waals surface area contributed by atoms with Gasteiger partial charge >= 0.3 is 0 Å². The van der Waals surface area contributed by atoms with Gasteiger partial charge in [-0.05, 0) is 37.0 Å². The molecule has 0 atom stereocenters. The lowest BCUT2D eigenvalue weighted by molar-refractivity contribution is -0.0285. The van der Waals surface area contributed by atoms with Gasteiger partial charge in [-0.25, -0.2) is 0 Å². The molecule has 324 valence electrons. The molecule has 0 radical (unpaired) electrons. The Morgan fingerprint density at radius 3 is 0.873 bits per heavy atom. The van der Waals surface area contributed by atoms with Crippen LogP contribution in [0, 0.1) is 0 Å². The molecule has 0 spiro atoms. The highest BCUT2D eigenvalue weighted by Crippen LogP contribution is 2.15. The van der Waals surface area contributed by atoms with Gasteiger partial charge in [0.05, 0.1) is 152 Å². The maximum Gasteiger partial charge on any atom is 0.119 e. The molecule has 0 unspecified atom stereocenters. The Bertz CT molecular complexity index is 849. The molecule has 0 amide bonds. The molecule has 55 heavy (non-hydrogen) atoms. The second kappa shape index (κ2) is 45.2. The Balaban J connectivity index is 1.66. The summed E-state index contributed by atoms with van der Waals surface area (Å²) in [6.45, 7) is 18.0. The van der Waals surface area contributed by atoms with E-state index in [0.717, 1.165) is 31.6 Å². The van der Waals surface area contributed by atoms with Crippen LogP contribution >= 0.6 is 0 Å². The molecule has 0 fully saturated rings. The number of ether oxygens (including phenoxy) is 13. The van der Waals surface area contributed by atoms with E-state index in [2.05, 4.69) is 38.1 Å². The van der Waals surface area contributed by atoms with Gasteiger partial charge in [0.1, 0.15) is 12.4 Å². The summed E-state index contributed by atoms with van der Waals surface area (Å²) in [5, 5.41) is 0. The van der Waals surface area contributed by atoms with Crippen molar-refractivity contribution in [2.24, 2.45) is 0 Å². The lowest BCUT2D eigenvalue weighted by Crippen LogP contribution is -2.15. The molecule has 0 N–H and O–H groups in total. The van der Waals surface area contributed by atoms with Crippen LogP contribution in [0.25, 0.3) is 0 Å². The van der Waals surface area contributed by atoms with Crippen LogP contribution < -0.4 is 4.74 Å². The molecule has 0 heterocycles. The summed E-state index contributed by atoms with van der Waals surface area (Å²) in [6.07, 6.45) is 11.3. The fraction of sp³-hybridized carbons (Fsp3) is 0.857. The zero-order valence-corrected chi connectivity index (χ0v) is 34.7. The smallest absolute Gasteiger partial charge is 0.119 e. The van der Waals surface area contributed by atoms with Gasteiger partial charge in [0.2, 0.25) is 0 Å². The van der Waals surface area contributed by atoms with Crippen molar-refractivity contribution in [1.29, 1.82) is 0 Å². The van der Waals surface area contributed by atoms with Gasteiger partial charge in [0.25, 0.3) is 0 Å². The van der Waals surface area contributed by atoms with E-state index in [1.165, 1.54) is 44.1 Å². The first-order chi connectivity index (χ1) is 27.4. The van der Waals surface area contributed by atoms with Gasteiger partial charge in [-0.2, -0.15) is 0 Å². The zero-order chi connectivity index (χ0) is 39.2.